The number of benzene rings is 2. The molecule has 0 spiro atoms. The largest absolute Gasteiger partial charge is 0.490 e. The molecule has 38 heavy (non-hydrogen) atoms. The van der Waals surface area contributed by atoms with Crippen LogP contribution in [-0.4, -0.2) is 72.0 Å². The average molecular weight is 522 g/mol. The third-order valence-corrected chi connectivity index (χ3v) is 7.46. The van der Waals surface area contributed by atoms with Crippen LogP contribution in [0.25, 0.3) is 0 Å². The molecular weight excluding hydrogens is 482 g/mol. The molecule has 3 heterocycles. The predicted molar refractivity (Wildman–Crippen MR) is 145 cm³/mol. The first-order valence-corrected chi connectivity index (χ1v) is 13.7. The van der Waals surface area contributed by atoms with Crippen LogP contribution in [0, 0.1) is 0 Å². The lowest BCUT2D eigenvalue weighted by Crippen LogP contribution is -2.56. The predicted octanol–water partition coefficient (Wildman–Crippen LogP) is 5.45. The Morgan fingerprint density at radius 3 is 2.18 bits per heavy atom. The lowest BCUT2D eigenvalue weighted by Gasteiger charge is -2.42. The number of anilines is 1. The van der Waals surface area contributed by atoms with Crippen LogP contribution in [0.15, 0.2) is 54.6 Å². The summed E-state index contributed by atoms with van der Waals surface area (Å²) in [6.07, 6.45) is 3.23. The van der Waals surface area contributed by atoms with E-state index in [0.29, 0.717) is 26.2 Å². The van der Waals surface area contributed by atoms with E-state index >= 15 is 0 Å². The average Bonchev–Trinajstić information content (AvgIpc) is 3.16. The van der Waals surface area contributed by atoms with Gasteiger partial charge in [0.15, 0.2) is 0 Å². The molecule has 0 saturated carbocycles. The highest BCUT2D eigenvalue weighted by atomic mass is 16.6. The Morgan fingerprint density at radius 1 is 0.842 bits per heavy atom. The van der Waals surface area contributed by atoms with E-state index in [1.54, 1.807) is 4.90 Å². The molecular formula is C30H39N3O5. The summed E-state index contributed by atoms with van der Waals surface area (Å²) in [5.41, 5.74) is 1.64. The van der Waals surface area contributed by atoms with Crippen molar-refractivity contribution in [3.05, 3.63) is 60.2 Å². The van der Waals surface area contributed by atoms with Gasteiger partial charge in [0, 0.05) is 62.9 Å². The number of rotatable bonds is 5. The molecule has 3 saturated heterocycles. The molecule has 0 aliphatic carbocycles. The van der Waals surface area contributed by atoms with Gasteiger partial charge in [-0.1, -0.05) is 36.4 Å². The molecule has 2 bridgehead atoms. The first kappa shape index (κ1) is 26.2. The van der Waals surface area contributed by atoms with Crippen LogP contribution >= 0.6 is 0 Å². The SMILES string of the molecule is CC(C)(C)OC(=O)N1CC2CCC(C1)N2c1cccc(OC2CCN(C(=O)OCc3ccccc3)CC2)c1. The third-order valence-electron chi connectivity index (χ3n) is 7.46. The molecule has 3 fully saturated rings. The maximum atomic E-state index is 12.7. The summed E-state index contributed by atoms with van der Waals surface area (Å²) in [5.74, 6) is 0.849. The topological polar surface area (TPSA) is 71.6 Å². The summed E-state index contributed by atoms with van der Waals surface area (Å²) in [5, 5.41) is 0. The molecule has 2 aromatic carbocycles. The number of likely N-dealkylation sites (tertiary alicyclic amines) is 2. The number of fused-ring (bicyclic) bond motifs is 2. The number of nitrogens with zero attached hydrogens (tertiary/aromatic N) is 3. The summed E-state index contributed by atoms with van der Waals surface area (Å²) < 4.78 is 17.5. The zero-order valence-electron chi connectivity index (χ0n) is 22.7. The van der Waals surface area contributed by atoms with Crippen LogP contribution < -0.4 is 9.64 Å². The lowest BCUT2D eigenvalue weighted by atomic mass is 10.1. The van der Waals surface area contributed by atoms with Crippen LogP contribution in [0.5, 0.6) is 5.75 Å². The Balaban J connectivity index is 1.12. The van der Waals surface area contributed by atoms with Gasteiger partial charge in [0.05, 0.1) is 0 Å². The van der Waals surface area contributed by atoms with Gasteiger partial charge in [0.25, 0.3) is 0 Å². The van der Waals surface area contributed by atoms with E-state index in [4.69, 9.17) is 14.2 Å². The number of carbonyl (C=O) groups excluding carboxylic acids is 2. The van der Waals surface area contributed by atoms with E-state index < -0.39 is 5.60 Å². The number of ether oxygens (including phenoxy) is 3. The van der Waals surface area contributed by atoms with E-state index in [-0.39, 0.29) is 37.0 Å². The number of amides is 2. The second-order valence-corrected chi connectivity index (χ2v) is 11.5. The molecule has 0 radical (unpaired) electrons. The van der Waals surface area contributed by atoms with Gasteiger partial charge in [0.1, 0.15) is 24.1 Å². The Kier molecular flexibility index (Phi) is 7.68. The van der Waals surface area contributed by atoms with Gasteiger partial charge in [-0.2, -0.15) is 0 Å². The van der Waals surface area contributed by atoms with Gasteiger partial charge in [0.2, 0.25) is 0 Å². The highest BCUT2D eigenvalue weighted by Gasteiger charge is 2.42. The van der Waals surface area contributed by atoms with Crippen molar-refractivity contribution >= 4 is 17.9 Å². The molecule has 5 rings (SSSR count). The number of carbonyl (C=O) groups is 2. The van der Waals surface area contributed by atoms with Gasteiger partial charge >= 0.3 is 12.2 Å². The quantitative estimate of drug-likeness (QED) is 0.521. The van der Waals surface area contributed by atoms with Crippen LogP contribution in [0.3, 0.4) is 0 Å². The summed E-state index contributed by atoms with van der Waals surface area (Å²) in [6, 6.07) is 18.6. The number of hydrogen-bond acceptors (Lipinski definition) is 6. The monoisotopic (exact) mass is 521 g/mol. The number of piperazine rings is 1. The van der Waals surface area contributed by atoms with Crippen LogP contribution in [0.2, 0.25) is 0 Å². The Hall–Kier alpha value is -3.42. The second kappa shape index (κ2) is 11.1. The maximum absolute atomic E-state index is 12.7. The van der Waals surface area contributed by atoms with E-state index in [1.165, 1.54) is 0 Å². The minimum absolute atomic E-state index is 0.0594. The molecule has 2 atom stereocenters. The van der Waals surface area contributed by atoms with Gasteiger partial charge in [-0.05, 0) is 51.3 Å². The zero-order chi connectivity index (χ0) is 26.7. The lowest BCUT2D eigenvalue weighted by molar-refractivity contribution is 0.0209. The number of piperidine rings is 1. The van der Waals surface area contributed by atoms with Gasteiger partial charge in [-0.25, -0.2) is 9.59 Å². The van der Waals surface area contributed by atoms with Crippen molar-refractivity contribution in [1.29, 1.82) is 0 Å². The van der Waals surface area contributed by atoms with Crippen LogP contribution in [0.4, 0.5) is 15.3 Å². The fourth-order valence-corrected chi connectivity index (χ4v) is 5.68. The van der Waals surface area contributed by atoms with Crippen molar-refractivity contribution in [1.82, 2.24) is 9.80 Å². The first-order valence-electron chi connectivity index (χ1n) is 13.7. The number of hydrogen-bond donors (Lipinski definition) is 0. The van der Waals surface area contributed by atoms with E-state index in [9.17, 15) is 9.59 Å². The summed E-state index contributed by atoms with van der Waals surface area (Å²) in [4.78, 5) is 31.2. The zero-order valence-corrected chi connectivity index (χ0v) is 22.7. The second-order valence-electron chi connectivity index (χ2n) is 11.5. The summed E-state index contributed by atoms with van der Waals surface area (Å²) >= 11 is 0. The molecule has 8 nitrogen and oxygen atoms in total. The van der Waals surface area contributed by atoms with Crippen molar-refractivity contribution in [2.24, 2.45) is 0 Å². The molecule has 0 aromatic heterocycles. The highest BCUT2D eigenvalue weighted by Crippen LogP contribution is 2.37. The standard InChI is InChI=1S/C30H39N3O5/c1-30(2,3)38-29(35)32-19-24-12-13-25(20-32)33(24)23-10-7-11-27(18-23)37-26-14-16-31(17-15-26)28(34)36-21-22-8-5-4-6-9-22/h4-11,18,24-26H,12-17,19-21H2,1-3H3. The third kappa shape index (κ3) is 6.34. The molecule has 204 valence electrons. The fourth-order valence-electron chi connectivity index (χ4n) is 5.68. The minimum Gasteiger partial charge on any atom is -0.490 e. The van der Waals surface area contributed by atoms with E-state index in [2.05, 4.69) is 17.0 Å². The molecule has 3 aliphatic heterocycles. The highest BCUT2D eigenvalue weighted by molar-refractivity contribution is 5.69. The molecule has 2 amide bonds. The van der Waals surface area contributed by atoms with Gasteiger partial charge in [-0.15, -0.1) is 0 Å². The summed E-state index contributed by atoms with van der Waals surface area (Å²) in [7, 11) is 0. The van der Waals surface area contributed by atoms with Gasteiger partial charge < -0.3 is 28.9 Å². The Morgan fingerprint density at radius 2 is 1.53 bits per heavy atom. The van der Waals surface area contributed by atoms with Crippen LogP contribution in [-0.2, 0) is 16.1 Å². The molecule has 0 N–H and O–H groups in total. The summed E-state index contributed by atoms with van der Waals surface area (Å²) in [6.45, 7) is 8.60. The molecule has 3 aliphatic rings. The molecule has 8 heteroatoms. The van der Waals surface area contributed by atoms with Crippen molar-refractivity contribution in [3.8, 4) is 5.75 Å². The maximum Gasteiger partial charge on any atom is 0.410 e. The van der Waals surface area contributed by atoms with E-state index in [0.717, 1.165) is 42.7 Å². The van der Waals surface area contributed by atoms with E-state index in [1.807, 2.05) is 68.1 Å². The first-order chi connectivity index (χ1) is 18.2. The fraction of sp³-hybridized carbons (Fsp3) is 0.533. The van der Waals surface area contributed by atoms with Crippen molar-refractivity contribution in [2.75, 3.05) is 31.1 Å². The van der Waals surface area contributed by atoms with Crippen molar-refractivity contribution < 1.29 is 23.8 Å². The van der Waals surface area contributed by atoms with Gasteiger partial charge in [-0.3, -0.25) is 0 Å². The smallest absolute Gasteiger partial charge is 0.410 e. The van der Waals surface area contributed by atoms with Crippen molar-refractivity contribution in [2.45, 2.75) is 76.9 Å². The molecule has 2 unspecified atom stereocenters. The Labute approximate surface area is 225 Å². The normalized spacial score (nSPS) is 21.8. The Bertz CT molecular complexity index is 1100. The van der Waals surface area contributed by atoms with Crippen LogP contribution in [0.1, 0.15) is 52.0 Å². The molecule has 2 aromatic rings. The van der Waals surface area contributed by atoms with Crippen molar-refractivity contribution in [3.63, 3.8) is 0 Å². The minimum atomic E-state index is -0.489.